The van der Waals surface area contributed by atoms with E-state index in [0.717, 1.165) is 10.0 Å². The van der Waals surface area contributed by atoms with Crippen LogP contribution in [0.2, 0.25) is 0 Å². The van der Waals surface area contributed by atoms with Gasteiger partial charge in [0.25, 0.3) is 5.56 Å². The van der Waals surface area contributed by atoms with Crippen LogP contribution in [0.5, 0.6) is 5.75 Å². The zero-order valence-corrected chi connectivity index (χ0v) is 13.1. The van der Waals surface area contributed by atoms with Crippen molar-refractivity contribution in [1.29, 1.82) is 0 Å². The summed E-state index contributed by atoms with van der Waals surface area (Å²) >= 11 is 3.40. The first-order valence-electron chi connectivity index (χ1n) is 6.17. The highest BCUT2D eigenvalue weighted by atomic mass is 79.9. The average Bonchev–Trinajstić information content (AvgIpc) is 2.37. The molecular formula is C14H16BrN3O2. The van der Waals surface area contributed by atoms with Crippen molar-refractivity contribution in [2.45, 2.75) is 19.8 Å². The minimum atomic E-state index is -0.200. The van der Waals surface area contributed by atoms with Crippen LogP contribution < -0.4 is 16.0 Å². The van der Waals surface area contributed by atoms with Crippen LogP contribution in [-0.4, -0.2) is 17.1 Å². The number of hydrogen-bond acceptors (Lipinski definition) is 4. The van der Waals surface area contributed by atoms with Crippen molar-refractivity contribution in [3.8, 4) is 17.1 Å². The maximum Gasteiger partial charge on any atom is 0.256 e. The molecule has 6 heteroatoms. The number of anilines is 1. The zero-order chi connectivity index (χ0) is 14.9. The molecule has 0 spiro atoms. The molecule has 20 heavy (non-hydrogen) atoms. The summed E-state index contributed by atoms with van der Waals surface area (Å²) < 4.78 is 5.95. The minimum absolute atomic E-state index is 0.0305. The number of methoxy groups -OCH3 is 1. The topological polar surface area (TPSA) is 81.0 Å². The third-order valence-corrected chi connectivity index (χ3v) is 3.61. The Labute approximate surface area is 125 Å². The largest absolute Gasteiger partial charge is 0.496 e. The van der Waals surface area contributed by atoms with Crippen molar-refractivity contribution >= 4 is 21.7 Å². The van der Waals surface area contributed by atoms with Crippen molar-refractivity contribution in [1.82, 2.24) is 9.97 Å². The second-order valence-corrected chi connectivity index (χ2v) is 5.57. The maximum atomic E-state index is 12.1. The zero-order valence-electron chi connectivity index (χ0n) is 11.5. The van der Waals surface area contributed by atoms with E-state index >= 15 is 0 Å². The summed E-state index contributed by atoms with van der Waals surface area (Å²) in [4.78, 5) is 19.1. The summed E-state index contributed by atoms with van der Waals surface area (Å²) in [6.07, 6.45) is 0. The molecule has 0 radical (unpaired) electrons. The molecule has 0 saturated heterocycles. The second-order valence-electron chi connectivity index (χ2n) is 4.72. The third kappa shape index (κ3) is 2.70. The van der Waals surface area contributed by atoms with Crippen LogP contribution in [0.15, 0.2) is 27.5 Å². The molecule has 3 N–H and O–H groups in total. The standard InChI is InChI=1S/C14H16BrN3O2/c1-7(2)11-12(16)17-13(18-14(11)19)8-4-5-10(20-3)9(15)6-8/h4-7H,1-3H3,(H3,16,17,18,19). The molecule has 0 atom stereocenters. The Bertz CT molecular complexity index is 695. The Hall–Kier alpha value is -1.82. The average molecular weight is 338 g/mol. The van der Waals surface area contributed by atoms with E-state index in [1.807, 2.05) is 26.0 Å². The predicted octanol–water partition coefficient (Wildman–Crippen LogP) is 2.91. The van der Waals surface area contributed by atoms with Crippen LogP contribution in [-0.2, 0) is 0 Å². The predicted molar refractivity (Wildman–Crippen MR) is 83.0 cm³/mol. The first-order chi connectivity index (χ1) is 9.43. The number of nitrogens with two attached hydrogens (primary N) is 1. The van der Waals surface area contributed by atoms with E-state index in [1.165, 1.54) is 0 Å². The number of hydrogen-bond donors (Lipinski definition) is 2. The van der Waals surface area contributed by atoms with Gasteiger partial charge in [0.15, 0.2) is 0 Å². The number of aromatic amines is 1. The van der Waals surface area contributed by atoms with Crippen molar-refractivity contribution in [2.24, 2.45) is 0 Å². The molecular weight excluding hydrogens is 322 g/mol. The maximum absolute atomic E-state index is 12.1. The molecule has 0 aliphatic heterocycles. The second kappa shape index (κ2) is 5.66. The molecule has 0 aliphatic carbocycles. The van der Waals surface area contributed by atoms with E-state index in [0.29, 0.717) is 17.1 Å². The number of rotatable bonds is 3. The number of benzene rings is 1. The molecule has 2 aromatic rings. The Morgan fingerprint density at radius 2 is 2.10 bits per heavy atom. The highest BCUT2D eigenvalue weighted by molar-refractivity contribution is 9.10. The summed E-state index contributed by atoms with van der Waals surface area (Å²) in [7, 11) is 1.59. The molecule has 1 aromatic carbocycles. The van der Waals surface area contributed by atoms with Gasteiger partial charge in [-0.05, 0) is 40.0 Å². The summed E-state index contributed by atoms with van der Waals surface area (Å²) in [6, 6.07) is 5.44. The van der Waals surface area contributed by atoms with Gasteiger partial charge in [-0.3, -0.25) is 4.79 Å². The van der Waals surface area contributed by atoms with Crippen LogP contribution in [0.1, 0.15) is 25.3 Å². The lowest BCUT2D eigenvalue weighted by atomic mass is 10.1. The highest BCUT2D eigenvalue weighted by Gasteiger charge is 2.14. The molecule has 0 saturated carbocycles. The number of nitrogens with one attached hydrogen (secondary N) is 1. The van der Waals surface area contributed by atoms with Crippen LogP contribution >= 0.6 is 15.9 Å². The lowest BCUT2D eigenvalue weighted by molar-refractivity contribution is 0.412. The highest BCUT2D eigenvalue weighted by Crippen LogP contribution is 2.29. The number of aromatic nitrogens is 2. The van der Waals surface area contributed by atoms with Crippen molar-refractivity contribution in [2.75, 3.05) is 12.8 Å². The van der Waals surface area contributed by atoms with Crippen LogP contribution in [0.4, 0.5) is 5.82 Å². The van der Waals surface area contributed by atoms with Gasteiger partial charge in [-0.2, -0.15) is 0 Å². The first kappa shape index (κ1) is 14.6. The first-order valence-corrected chi connectivity index (χ1v) is 6.97. The number of nitrogens with zero attached hydrogens (tertiary/aromatic N) is 1. The van der Waals surface area contributed by atoms with E-state index in [2.05, 4.69) is 25.9 Å². The van der Waals surface area contributed by atoms with Crippen molar-refractivity contribution in [3.63, 3.8) is 0 Å². The van der Waals surface area contributed by atoms with Gasteiger partial charge in [0, 0.05) is 5.56 Å². The molecule has 106 valence electrons. The van der Waals surface area contributed by atoms with Gasteiger partial charge in [-0.25, -0.2) is 4.98 Å². The smallest absolute Gasteiger partial charge is 0.256 e. The Balaban J connectivity index is 2.54. The summed E-state index contributed by atoms with van der Waals surface area (Å²) in [6.45, 7) is 3.82. The van der Waals surface area contributed by atoms with E-state index < -0.39 is 0 Å². The number of H-pyrrole nitrogens is 1. The van der Waals surface area contributed by atoms with Crippen molar-refractivity contribution in [3.05, 3.63) is 38.6 Å². The van der Waals surface area contributed by atoms with Gasteiger partial charge in [0.1, 0.15) is 17.4 Å². The van der Waals surface area contributed by atoms with Gasteiger partial charge in [0.2, 0.25) is 0 Å². The number of ether oxygens (including phenoxy) is 1. The summed E-state index contributed by atoms with van der Waals surface area (Å²) in [5.41, 5.74) is 6.96. The van der Waals surface area contributed by atoms with Crippen molar-refractivity contribution < 1.29 is 4.74 Å². The third-order valence-electron chi connectivity index (χ3n) is 2.99. The van der Waals surface area contributed by atoms with Crippen LogP contribution in [0, 0.1) is 0 Å². The summed E-state index contributed by atoms with van der Waals surface area (Å²) in [5.74, 6) is 1.46. The molecule has 2 rings (SSSR count). The van der Waals surface area contributed by atoms with E-state index in [1.54, 1.807) is 13.2 Å². The lowest BCUT2D eigenvalue weighted by Crippen LogP contribution is -2.19. The van der Waals surface area contributed by atoms with Gasteiger partial charge in [-0.15, -0.1) is 0 Å². The molecule has 1 aromatic heterocycles. The van der Waals surface area contributed by atoms with Crippen LogP contribution in [0.3, 0.4) is 0 Å². The quantitative estimate of drug-likeness (QED) is 0.902. The SMILES string of the molecule is COc1ccc(-c2nc(N)c(C(C)C)c(=O)[nH]2)cc1Br. The fourth-order valence-electron chi connectivity index (χ4n) is 2.01. The number of nitrogen functional groups attached to an aromatic ring is 1. The van der Waals surface area contributed by atoms with E-state index in [9.17, 15) is 4.79 Å². The summed E-state index contributed by atoms with van der Waals surface area (Å²) in [5, 5.41) is 0. The molecule has 0 unspecified atom stereocenters. The fourth-order valence-corrected chi connectivity index (χ4v) is 2.55. The molecule has 0 fully saturated rings. The van der Waals surface area contributed by atoms with Gasteiger partial charge < -0.3 is 15.5 Å². The molecule has 1 heterocycles. The molecule has 0 aliphatic rings. The Morgan fingerprint density at radius 3 is 2.60 bits per heavy atom. The number of halogens is 1. The molecule has 0 amide bonds. The minimum Gasteiger partial charge on any atom is -0.496 e. The Morgan fingerprint density at radius 1 is 1.40 bits per heavy atom. The van der Waals surface area contributed by atoms with Gasteiger partial charge >= 0.3 is 0 Å². The van der Waals surface area contributed by atoms with Gasteiger partial charge in [0.05, 0.1) is 17.1 Å². The molecule has 0 bridgehead atoms. The van der Waals surface area contributed by atoms with E-state index in [4.69, 9.17) is 10.5 Å². The fraction of sp³-hybridized carbons (Fsp3) is 0.286. The lowest BCUT2D eigenvalue weighted by Gasteiger charge is -2.10. The van der Waals surface area contributed by atoms with Gasteiger partial charge in [-0.1, -0.05) is 13.8 Å². The van der Waals surface area contributed by atoms with E-state index in [-0.39, 0.29) is 17.3 Å². The normalized spacial score (nSPS) is 10.8. The van der Waals surface area contributed by atoms with Crippen LogP contribution in [0.25, 0.3) is 11.4 Å². The Kier molecular flexibility index (Phi) is 4.13. The monoisotopic (exact) mass is 337 g/mol. The molecule has 5 nitrogen and oxygen atoms in total.